The molecule has 238 valence electrons. The maximum atomic E-state index is 14.1. The second-order valence-corrected chi connectivity index (χ2v) is 11.9. The number of carbonyl (C=O) groups excluding carboxylic acids is 1. The summed E-state index contributed by atoms with van der Waals surface area (Å²) in [5.41, 5.74) is 2.83. The maximum absolute atomic E-state index is 14.1. The summed E-state index contributed by atoms with van der Waals surface area (Å²) >= 11 is 1.25. The molecule has 3 heterocycles. The summed E-state index contributed by atoms with van der Waals surface area (Å²) in [6.07, 6.45) is 1.66. The molecule has 0 fully saturated rings. The van der Waals surface area contributed by atoms with E-state index < -0.39 is 12.0 Å². The lowest BCUT2D eigenvalue weighted by atomic mass is 9.95. The third kappa shape index (κ3) is 6.10. The van der Waals surface area contributed by atoms with Crippen LogP contribution in [0, 0.1) is 0 Å². The molecule has 0 saturated heterocycles. The zero-order valence-corrected chi connectivity index (χ0v) is 27.0. The number of fused-ring (bicyclic) bond motifs is 2. The molecule has 0 amide bonds. The number of methoxy groups -OCH3 is 1. The molecule has 0 spiro atoms. The third-order valence-electron chi connectivity index (χ3n) is 7.41. The monoisotopic (exact) mass is 642 g/mol. The molecule has 1 aromatic heterocycles. The van der Waals surface area contributed by atoms with E-state index in [4.69, 9.17) is 28.4 Å². The van der Waals surface area contributed by atoms with Crippen molar-refractivity contribution in [1.82, 2.24) is 4.57 Å². The predicted octanol–water partition coefficient (Wildman–Crippen LogP) is 4.90. The van der Waals surface area contributed by atoms with Crippen molar-refractivity contribution in [3.8, 4) is 28.7 Å². The molecule has 46 heavy (non-hydrogen) atoms. The van der Waals surface area contributed by atoms with Crippen LogP contribution in [-0.4, -0.2) is 37.1 Å². The van der Waals surface area contributed by atoms with Gasteiger partial charge in [0.15, 0.2) is 27.8 Å². The molecule has 0 unspecified atom stereocenters. The highest BCUT2D eigenvalue weighted by Crippen LogP contribution is 2.37. The van der Waals surface area contributed by atoms with Crippen molar-refractivity contribution >= 4 is 23.4 Å². The first kappa shape index (κ1) is 31.0. The molecule has 6 rings (SSSR count). The number of hydrogen-bond donors (Lipinski definition) is 0. The number of thiazole rings is 1. The number of rotatable bonds is 10. The Morgan fingerprint density at radius 3 is 2.65 bits per heavy atom. The maximum Gasteiger partial charge on any atom is 0.338 e. The molecule has 10 nitrogen and oxygen atoms in total. The van der Waals surface area contributed by atoms with Gasteiger partial charge in [-0.2, -0.15) is 0 Å². The lowest BCUT2D eigenvalue weighted by Crippen LogP contribution is -2.40. The number of esters is 1. The minimum Gasteiger partial charge on any atom is -0.493 e. The van der Waals surface area contributed by atoms with Crippen molar-refractivity contribution in [1.29, 1.82) is 0 Å². The van der Waals surface area contributed by atoms with E-state index in [0.717, 1.165) is 11.1 Å². The van der Waals surface area contributed by atoms with Gasteiger partial charge in [0.25, 0.3) is 5.56 Å². The summed E-state index contributed by atoms with van der Waals surface area (Å²) in [4.78, 5) is 32.6. The number of nitrogens with zero attached hydrogens (tertiary/aromatic N) is 2. The van der Waals surface area contributed by atoms with Crippen LogP contribution < -0.4 is 38.6 Å². The van der Waals surface area contributed by atoms with Crippen LogP contribution in [0.15, 0.2) is 81.7 Å². The molecule has 3 aromatic carbocycles. The van der Waals surface area contributed by atoms with Gasteiger partial charge in [-0.3, -0.25) is 9.36 Å². The van der Waals surface area contributed by atoms with Crippen LogP contribution in [0.3, 0.4) is 0 Å². The Balaban J connectivity index is 1.37. The Morgan fingerprint density at radius 1 is 1.07 bits per heavy atom. The fraction of sp³-hybridized carbons (Fsp3) is 0.286. The number of ether oxygens (including phenoxy) is 6. The van der Waals surface area contributed by atoms with E-state index in [0.29, 0.717) is 61.5 Å². The first-order valence-electron chi connectivity index (χ1n) is 14.9. The molecular weight excluding hydrogens is 608 g/mol. The average Bonchev–Trinajstić information content (AvgIpc) is 3.63. The van der Waals surface area contributed by atoms with Gasteiger partial charge in [0.1, 0.15) is 18.4 Å². The first-order valence-corrected chi connectivity index (χ1v) is 15.7. The van der Waals surface area contributed by atoms with Crippen molar-refractivity contribution < 1.29 is 33.2 Å². The van der Waals surface area contributed by atoms with Crippen LogP contribution in [0.5, 0.6) is 28.7 Å². The van der Waals surface area contributed by atoms with E-state index in [1.54, 1.807) is 37.7 Å². The van der Waals surface area contributed by atoms with Gasteiger partial charge in [0.05, 0.1) is 35.6 Å². The second-order valence-electron chi connectivity index (χ2n) is 10.9. The van der Waals surface area contributed by atoms with Gasteiger partial charge in [0, 0.05) is 5.56 Å². The molecule has 2 aliphatic heterocycles. The zero-order chi connectivity index (χ0) is 32.4. The van der Waals surface area contributed by atoms with E-state index in [-0.39, 0.29) is 25.1 Å². The van der Waals surface area contributed by atoms with Crippen LogP contribution in [0.2, 0.25) is 0 Å². The predicted molar refractivity (Wildman–Crippen MR) is 172 cm³/mol. The fourth-order valence-corrected chi connectivity index (χ4v) is 6.44. The smallest absolute Gasteiger partial charge is 0.338 e. The summed E-state index contributed by atoms with van der Waals surface area (Å²) in [6.45, 7) is 8.06. The number of allylic oxidation sites excluding steroid dienone is 1. The summed E-state index contributed by atoms with van der Waals surface area (Å²) in [6, 6.07) is 17.8. The SMILES string of the molecule is CCOC(=O)C1=C(C)N=c2s/c(=C/c3ccc(OCc4ccc5c(c4)OCO5)c(OC)c3)c(=O)n2[C@H]1c1ccccc1OC(C)C. The highest BCUT2D eigenvalue weighted by atomic mass is 32.1. The molecule has 0 N–H and O–H groups in total. The summed E-state index contributed by atoms with van der Waals surface area (Å²) in [5.74, 6) is 2.52. The summed E-state index contributed by atoms with van der Waals surface area (Å²) in [7, 11) is 1.57. The number of para-hydroxylation sites is 1. The normalized spacial score (nSPS) is 15.4. The third-order valence-corrected chi connectivity index (χ3v) is 8.39. The highest BCUT2D eigenvalue weighted by Gasteiger charge is 2.35. The summed E-state index contributed by atoms with van der Waals surface area (Å²) in [5, 5.41) is 0. The zero-order valence-electron chi connectivity index (χ0n) is 26.2. The van der Waals surface area contributed by atoms with Crippen LogP contribution >= 0.6 is 11.3 Å². The van der Waals surface area contributed by atoms with Gasteiger partial charge < -0.3 is 28.4 Å². The van der Waals surface area contributed by atoms with Gasteiger partial charge >= 0.3 is 5.97 Å². The Morgan fingerprint density at radius 2 is 1.87 bits per heavy atom. The van der Waals surface area contributed by atoms with Crippen LogP contribution in [0.4, 0.5) is 0 Å². The molecule has 11 heteroatoms. The molecular formula is C35H34N2O8S. The van der Waals surface area contributed by atoms with Crippen molar-refractivity contribution in [2.24, 2.45) is 4.99 Å². The number of benzene rings is 3. The van der Waals surface area contributed by atoms with Crippen molar-refractivity contribution in [3.63, 3.8) is 0 Å². The van der Waals surface area contributed by atoms with E-state index in [9.17, 15) is 9.59 Å². The largest absolute Gasteiger partial charge is 0.493 e. The number of aromatic nitrogens is 1. The van der Waals surface area contributed by atoms with Gasteiger partial charge in [-0.05, 0) is 75.2 Å². The molecule has 1 atom stereocenters. The van der Waals surface area contributed by atoms with Crippen LogP contribution in [0.1, 0.15) is 50.4 Å². The lowest BCUT2D eigenvalue weighted by molar-refractivity contribution is -0.139. The van der Waals surface area contributed by atoms with Gasteiger partial charge in [-0.15, -0.1) is 0 Å². The Kier molecular flexibility index (Phi) is 8.85. The van der Waals surface area contributed by atoms with Gasteiger partial charge in [0.2, 0.25) is 6.79 Å². The van der Waals surface area contributed by atoms with E-state index >= 15 is 0 Å². The molecule has 0 saturated carbocycles. The number of carbonyl (C=O) groups is 1. The average molecular weight is 643 g/mol. The van der Waals surface area contributed by atoms with Crippen molar-refractivity contribution in [3.05, 3.63) is 108 Å². The molecule has 2 aliphatic rings. The topological polar surface area (TPSA) is 107 Å². The number of hydrogen-bond acceptors (Lipinski definition) is 10. The van der Waals surface area contributed by atoms with E-state index in [1.165, 1.54) is 11.3 Å². The van der Waals surface area contributed by atoms with Crippen molar-refractivity contribution in [2.75, 3.05) is 20.5 Å². The first-order chi connectivity index (χ1) is 22.3. The summed E-state index contributed by atoms with van der Waals surface area (Å²) < 4.78 is 36.1. The van der Waals surface area contributed by atoms with Crippen molar-refractivity contribution in [2.45, 2.75) is 46.4 Å². The van der Waals surface area contributed by atoms with Gasteiger partial charge in [-0.25, -0.2) is 9.79 Å². The van der Waals surface area contributed by atoms with Gasteiger partial charge in [-0.1, -0.05) is 41.7 Å². The van der Waals surface area contributed by atoms with E-state index in [2.05, 4.69) is 4.99 Å². The molecule has 0 aliphatic carbocycles. The highest BCUT2D eigenvalue weighted by molar-refractivity contribution is 7.07. The Bertz CT molecular complexity index is 2010. The Hall–Kier alpha value is -5.03. The molecule has 0 radical (unpaired) electrons. The van der Waals surface area contributed by atoms with E-state index in [1.807, 2.05) is 68.4 Å². The molecule has 4 aromatic rings. The fourth-order valence-electron chi connectivity index (χ4n) is 5.39. The molecule has 0 bridgehead atoms. The minimum atomic E-state index is -0.783. The standard InChI is InChI=1S/C35H34N2O8S/c1-6-41-34(39)31-21(4)36-35-37(32(31)24-9-7-8-10-25(24)45-20(2)3)33(38)30(46-35)17-22-11-13-26(28(15-22)40-5)42-18-23-12-14-27-29(16-23)44-19-43-27/h7-17,20,32H,6,18-19H2,1-5H3/b30-17+/t32-/m0/s1. The lowest BCUT2D eigenvalue weighted by Gasteiger charge is -2.26. The van der Waals surface area contributed by atoms with Crippen LogP contribution in [0.25, 0.3) is 6.08 Å². The Labute approximate surface area is 269 Å². The second kappa shape index (κ2) is 13.1. The quantitative estimate of drug-likeness (QED) is 0.225. The van der Waals surface area contributed by atoms with Crippen LogP contribution in [-0.2, 0) is 16.1 Å². The minimum absolute atomic E-state index is 0.118.